The van der Waals surface area contributed by atoms with E-state index in [4.69, 9.17) is 0 Å². The van der Waals surface area contributed by atoms with Crippen LogP contribution in [-0.4, -0.2) is 23.8 Å². The van der Waals surface area contributed by atoms with Crippen molar-refractivity contribution in [2.24, 2.45) is 0 Å². The third kappa shape index (κ3) is 2.59. The number of rotatable bonds is 0. The molecule has 1 aliphatic rings. The third-order valence-corrected chi connectivity index (χ3v) is 1.46. The smallest absolute Gasteiger partial charge is 0.253 e. The van der Waals surface area contributed by atoms with Crippen molar-refractivity contribution in [3.63, 3.8) is 0 Å². The molecule has 1 aliphatic heterocycles. The van der Waals surface area contributed by atoms with Gasteiger partial charge in [0, 0.05) is 19.2 Å². The zero-order valence-corrected chi connectivity index (χ0v) is 7.14. The molecule has 2 heterocycles. The first-order valence-corrected chi connectivity index (χ1v) is 3.68. The van der Waals surface area contributed by atoms with E-state index in [9.17, 15) is 9.59 Å². The van der Waals surface area contributed by atoms with Gasteiger partial charge < -0.3 is 4.42 Å². The highest BCUT2D eigenvalue weighted by atomic mass is 16.3. The number of hydrogen-bond donors (Lipinski definition) is 0. The fourth-order valence-electron chi connectivity index (χ4n) is 0.702. The molecule has 2 rings (SSSR count). The maximum atomic E-state index is 10.4. The lowest BCUT2D eigenvalue weighted by Gasteiger charge is -2.01. The number of furan rings is 1. The van der Waals surface area contributed by atoms with Crippen molar-refractivity contribution in [2.75, 3.05) is 7.05 Å². The summed E-state index contributed by atoms with van der Waals surface area (Å²) >= 11 is 0. The van der Waals surface area contributed by atoms with Crippen molar-refractivity contribution in [1.82, 2.24) is 4.90 Å². The number of nitrogens with zero attached hydrogens (tertiary/aromatic N) is 1. The van der Waals surface area contributed by atoms with Crippen LogP contribution in [0.4, 0.5) is 0 Å². The van der Waals surface area contributed by atoms with E-state index in [-0.39, 0.29) is 11.8 Å². The zero-order valence-electron chi connectivity index (χ0n) is 7.14. The minimum atomic E-state index is -0.241. The number of carbonyl (C=O) groups is 2. The Morgan fingerprint density at radius 1 is 1.08 bits per heavy atom. The molecule has 1 aromatic heterocycles. The van der Waals surface area contributed by atoms with Crippen LogP contribution in [0.5, 0.6) is 0 Å². The molecule has 0 unspecified atom stereocenters. The van der Waals surface area contributed by atoms with Gasteiger partial charge in [-0.25, -0.2) is 0 Å². The Bertz CT molecular complexity index is 278. The lowest BCUT2D eigenvalue weighted by atomic mass is 10.6. The second kappa shape index (κ2) is 4.25. The molecule has 0 radical (unpaired) electrons. The highest BCUT2D eigenvalue weighted by Crippen LogP contribution is 1.97. The summed E-state index contributed by atoms with van der Waals surface area (Å²) in [4.78, 5) is 21.9. The van der Waals surface area contributed by atoms with Crippen LogP contribution in [0.3, 0.4) is 0 Å². The summed E-state index contributed by atoms with van der Waals surface area (Å²) in [5, 5.41) is 0. The monoisotopic (exact) mass is 179 g/mol. The summed E-state index contributed by atoms with van der Waals surface area (Å²) in [6.07, 6.45) is 5.75. The summed E-state index contributed by atoms with van der Waals surface area (Å²) in [5.41, 5.74) is 0. The molecule has 0 atom stereocenters. The van der Waals surface area contributed by atoms with Gasteiger partial charge in [-0.2, -0.15) is 0 Å². The quantitative estimate of drug-likeness (QED) is 0.554. The first kappa shape index (κ1) is 9.25. The molecule has 4 nitrogen and oxygen atoms in total. The largest absolute Gasteiger partial charge is 0.473 e. The molecule has 0 aromatic carbocycles. The van der Waals surface area contributed by atoms with Gasteiger partial charge in [0.2, 0.25) is 0 Å². The Kier molecular flexibility index (Phi) is 3.03. The van der Waals surface area contributed by atoms with Crippen LogP contribution in [0.15, 0.2) is 41.2 Å². The number of likely N-dealkylation sites (N-methyl/N-ethyl adjacent to an activating group) is 1. The molecule has 1 aromatic rings. The van der Waals surface area contributed by atoms with E-state index >= 15 is 0 Å². The summed E-state index contributed by atoms with van der Waals surface area (Å²) in [6.45, 7) is 0. The van der Waals surface area contributed by atoms with Crippen molar-refractivity contribution in [3.8, 4) is 0 Å². The van der Waals surface area contributed by atoms with Gasteiger partial charge in [-0.05, 0) is 12.1 Å². The summed E-state index contributed by atoms with van der Waals surface area (Å²) < 4.78 is 4.58. The van der Waals surface area contributed by atoms with Crippen molar-refractivity contribution >= 4 is 11.8 Å². The fraction of sp³-hybridized carbons (Fsp3) is 0.111. The molecule has 0 saturated heterocycles. The average Bonchev–Trinajstić information content (AvgIpc) is 2.75. The zero-order chi connectivity index (χ0) is 9.68. The van der Waals surface area contributed by atoms with Gasteiger partial charge >= 0.3 is 0 Å². The van der Waals surface area contributed by atoms with Crippen LogP contribution in [0.1, 0.15) is 0 Å². The molecular formula is C9H9NO3. The summed E-state index contributed by atoms with van der Waals surface area (Å²) in [5.74, 6) is -0.481. The van der Waals surface area contributed by atoms with E-state index in [1.165, 1.54) is 19.2 Å². The standard InChI is InChI=1S/C5H5NO2.C4H4O/c1-6-4(7)2-3-5(6)8;1-2-4-5-3-1/h2-3H,1H3;1-4H. The lowest BCUT2D eigenvalue weighted by Crippen LogP contribution is -2.24. The molecule has 4 heteroatoms. The molecular weight excluding hydrogens is 170 g/mol. The van der Waals surface area contributed by atoms with Crippen LogP contribution in [-0.2, 0) is 9.59 Å². The van der Waals surface area contributed by atoms with Crippen LogP contribution in [0.25, 0.3) is 0 Å². The van der Waals surface area contributed by atoms with Crippen molar-refractivity contribution in [3.05, 3.63) is 36.8 Å². The predicted molar refractivity (Wildman–Crippen MR) is 45.6 cm³/mol. The Labute approximate surface area is 75.4 Å². The van der Waals surface area contributed by atoms with Crippen LogP contribution >= 0.6 is 0 Å². The molecule has 0 fully saturated rings. The first-order valence-electron chi connectivity index (χ1n) is 3.68. The van der Waals surface area contributed by atoms with Gasteiger partial charge in [0.15, 0.2) is 0 Å². The number of hydrogen-bond acceptors (Lipinski definition) is 3. The number of amides is 2. The molecule has 0 bridgehead atoms. The Morgan fingerprint density at radius 2 is 1.54 bits per heavy atom. The van der Waals surface area contributed by atoms with E-state index < -0.39 is 0 Å². The van der Waals surface area contributed by atoms with Gasteiger partial charge in [-0.1, -0.05) is 0 Å². The molecule has 2 amide bonds. The van der Waals surface area contributed by atoms with E-state index in [2.05, 4.69) is 4.42 Å². The topological polar surface area (TPSA) is 50.5 Å². The van der Waals surface area contributed by atoms with Crippen LogP contribution in [0.2, 0.25) is 0 Å². The van der Waals surface area contributed by atoms with E-state index in [0.717, 1.165) is 4.90 Å². The van der Waals surface area contributed by atoms with Crippen LogP contribution in [0, 0.1) is 0 Å². The number of imide groups is 1. The van der Waals surface area contributed by atoms with Crippen molar-refractivity contribution in [1.29, 1.82) is 0 Å². The van der Waals surface area contributed by atoms with Gasteiger partial charge in [0.25, 0.3) is 11.8 Å². The van der Waals surface area contributed by atoms with E-state index in [0.29, 0.717) is 0 Å². The second-order valence-electron chi connectivity index (χ2n) is 2.36. The van der Waals surface area contributed by atoms with Crippen LogP contribution < -0.4 is 0 Å². The number of carbonyl (C=O) groups excluding carboxylic acids is 2. The van der Waals surface area contributed by atoms with Gasteiger partial charge in [0.1, 0.15) is 0 Å². The van der Waals surface area contributed by atoms with E-state index in [1.807, 2.05) is 12.1 Å². The molecule has 13 heavy (non-hydrogen) atoms. The normalized spacial score (nSPS) is 14.4. The maximum Gasteiger partial charge on any atom is 0.253 e. The minimum Gasteiger partial charge on any atom is -0.473 e. The predicted octanol–water partition coefficient (Wildman–Crippen LogP) is 0.821. The minimum absolute atomic E-state index is 0.241. The Hall–Kier alpha value is -1.84. The Balaban J connectivity index is 0.000000145. The van der Waals surface area contributed by atoms with Crippen molar-refractivity contribution in [2.45, 2.75) is 0 Å². The summed E-state index contributed by atoms with van der Waals surface area (Å²) in [6, 6.07) is 3.67. The Morgan fingerprint density at radius 3 is 1.69 bits per heavy atom. The van der Waals surface area contributed by atoms with E-state index in [1.54, 1.807) is 12.5 Å². The lowest BCUT2D eigenvalue weighted by molar-refractivity contribution is -0.135. The molecule has 0 N–H and O–H groups in total. The SMILES string of the molecule is CN1C(=O)C=CC1=O.c1ccoc1. The van der Waals surface area contributed by atoms with Gasteiger partial charge in [-0.15, -0.1) is 0 Å². The highest BCUT2D eigenvalue weighted by molar-refractivity contribution is 6.12. The van der Waals surface area contributed by atoms with Crippen molar-refractivity contribution < 1.29 is 14.0 Å². The van der Waals surface area contributed by atoms with Gasteiger partial charge in [-0.3, -0.25) is 14.5 Å². The third-order valence-electron chi connectivity index (χ3n) is 1.46. The summed E-state index contributed by atoms with van der Waals surface area (Å²) in [7, 11) is 1.45. The second-order valence-corrected chi connectivity index (χ2v) is 2.36. The highest BCUT2D eigenvalue weighted by Gasteiger charge is 2.17. The fourth-order valence-corrected chi connectivity index (χ4v) is 0.702. The molecule has 0 spiro atoms. The maximum absolute atomic E-state index is 10.4. The average molecular weight is 179 g/mol. The first-order chi connectivity index (χ1) is 6.22. The molecule has 68 valence electrons. The van der Waals surface area contributed by atoms with Gasteiger partial charge in [0.05, 0.1) is 12.5 Å². The molecule has 0 saturated carbocycles. The molecule has 0 aliphatic carbocycles.